The summed E-state index contributed by atoms with van der Waals surface area (Å²) in [6.45, 7) is 6.53. The summed E-state index contributed by atoms with van der Waals surface area (Å²) in [6, 6.07) is 27.1. The number of hydrogen-bond donors (Lipinski definition) is 0. The molecular weight excluding hydrogens is 368 g/mol. The summed E-state index contributed by atoms with van der Waals surface area (Å²) in [5.74, 6) is 0.816. The fourth-order valence-corrected chi connectivity index (χ4v) is 3.77. The minimum Gasteiger partial charge on any atom is -0.438 e. The van der Waals surface area contributed by atoms with Crippen molar-refractivity contribution in [2.24, 2.45) is 0 Å². The quantitative estimate of drug-likeness (QED) is 0.320. The van der Waals surface area contributed by atoms with Gasteiger partial charge in [0.05, 0.1) is 11.1 Å². The molecule has 5 aromatic rings. The number of rotatable bonds is 4. The first-order valence-corrected chi connectivity index (χ1v) is 10.4. The van der Waals surface area contributed by atoms with Gasteiger partial charge in [-0.1, -0.05) is 87.5 Å². The molecule has 2 heterocycles. The molecule has 5 rings (SSSR count). The molecular formula is C27H24N2O. The lowest BCUT2D eigenvalue weighted by Gasteiger charge is -2.21. The third-order valence-corrected chi connectivity index (χ3v) is 5.97. The predicted octanol–water partition coefficient (Wildman–Crippen LogP) is 7.40. The highest BCUT2D eigenvalue weighted by atomic mass is 16.3. The molecule has 0 atom stereocenters. The molecule has 0 spiro atoms. The van der Waals surface area contributed by atoms with E-state index in [1.54, 1.807) is 0 Å². The molecule has 0 aliphatic carbocycles. The fraction of sp³-hybridized carbons (Fsp3) is 0.185. The van der Waals surface area contributed by atoms with Crippen molar-refractivity contribution in [3.05, 3.63) is 84.7 Å². The Hall–Kier alpha value is -3.46. The van der Waals surface area contributed by atoms with E-state index in [0.717, 1.165) is 39.9 Å². The van der Waals surface area contributed by atoms with Crippen LogP contribution in [0.4, 0.5) is 0 Å². The first-order chi connectivity index (χ1) is 14.6. The maximum Gasteiger partial charge on any atom is 0.231 e. The van der Waals surface area contributed by atoms with E-state index in [1.165, 1.54) is 11.1 Å². The average molecular weight is 393 g/mol. The molecule has 3 heteroatoms. The van der Waals surface area contributed by atoms with Gasteiger partial charge in [-0.3, -0.25) is 0 Å². The van der Waals surface area contributed by atoms with Crippen LogP contribution in [-0.4, -0.2) is 9.97 Å². The van der Waals surface area contributed by atoms with E-state index in [-0.39, 0.29) is 5.41 Å². The Bertz CT molecular complexity index is 1350. The first-order valence-electron chi connectivity index (χ1n) is 10.4. The maximum absolute atomic E-state index is 6.16. The Kier molecular flexibility index (Phi) is 4.39. The van der Waals surface area contributed by atoms with Crippen LogP contribution in [0.2, 0.25) is 0 Å². The molecule has 0 N–H and O–H groups in total. The normalized spacial score (nSPS) is 12.0. The largest absolute Gasteiger partial charge is 0.438 e. The van der Waals surface area contributed by atoms with Gasteiger partial charge in [-0.25, -0.2) is 4.98 Å². The molecule has 0 amide bonds. The van der Waals surface area contributed by atoms with Crippen LogP contribution in [-0.2, 0) is 5.41 Å². The minimum atomic E-state index is -0.140. The lowest BCUT2D eigenvalue weighted by molar-refractivity contribution is 0.471. The number of aromatic nitrogens is 2. The van der Waals surface area contributed by atoms with Crippen molar-refractivity contribution in [3.63, 3.8) is 0 Å². The standard InChI is InChI=1S/C27H24N2O/c1-4-27(2,3)26-28-24(23-21-15-8-9-16-22(21)30-25(23)29-26)20-14-10-13-19(17-20)18-11-6-5-7-12-18/h5-17H,4H2,1-3H3. The molecule has 0 saturated heterocycles. The number of hydrogen-bond acceptors (Lipinski definition) is 3. The number of furan rings is 1. The van der Waals surface area contributed by atoms with E-state index >= 15 is 0 Å². The lowest BCUT2D eigenvalue weighted by atomic mass is 9.89. The number of fused-ring (bicyclic) bond motifs is 3. The minimum absolute atomic E-state index is 0.140. The zero-order valence-electron chi connectivity index (χ0n) is 17.5. The molecule has 0 bridgehead atoms. The van der Waals surface area contributed by atoms with E-state index in [9.17, 15) is 0 Å². The second kappa shape index (κ2) is 7.10. The molecule has 2 aromatic heterocycles. The zero-order chi connectivity index (χ0) is 20.7. The van der Waals surface area contributed by atoms with Crippen molar-refractivity contribution in [2.75, 3.05) is 0 Å². The van der Waals surface area contributed by atoms with Crippen LogP contribution in [0.5, 0.6) is 0 Å². The molecule has 30 heavy (non-hydrogen) atoms. The maximum atomic E-state index is 6.16. The molecule has 0 aliphatic rings. The summed E-state index contributed by atoms with van der Waals surface area (Å²) >= 11 is 0. The van der Waals surface area contributed by atoms with Crippen molar-refractivity contribution < 1.29 is 4.42 Å². The number of para-hydroxylation sites is 1. The predicted molar refractivity (Wildman–Crippen MR) is 123 cm³/mol. The van der Waals surface area contributed by atoms with Gasteiger partial charge in [-0.15, -0.1) is 0 Å². The van der Waals surface area contributed by atoms with Gasteiger partial charge in [0.15, 0.2) is 0 Å². The average Bonchev–Trinajstić information content (AvgIpc) is 3.18. The van der Waals surface area contributed by atoms with Gasteiger partial charge >= 0.3 is 0 Å². The zero-order valence-corrected chi connectivity index (χ0v) is 17.5. The van der Waals surface area contributed by atoms with Crippen molar-refractivity contribution >= 4 is 22.1 Å². The van der Waals surface area contributed by atoms with Crippen LogP contribution in [0.3, 0.4) is 0 Å². The van der Waals surface area contributed by atoms with E-state index in [1.807, 2.05) is 24.3 Å². The Morgan fingerprint density at radius 2 is 1.47 bits per heavy atom. The smallest absolute Gasteiger partial charge is 0.231 e. The molecule has 0 unspecified atom stereocenters. The second-order valence-electron chi connectivity index (χ2n) is 8.36. The van der Waals surface area contributed by atoms with Crippen molar-refractivity contribution in [2.45, 2.75) is 32.6 Å². The number of benzene rings is 3. The molecule has 0 radical (unpaired) electrons. The van der Waals surface area contributed by atoms with Crippen LogP contribution < -0.4 is 0 Å². The van der Waals surface area contributed by atoms with E-state index in [0.29, 0.717) is 5.71 Å². The molecule has 0 aliphatic heterocycles. The van der Waals surface area contributed by atoms with Crippen LogP contribution in [0.15, 0.2) is 83.3 Å². The molecule has 3 aromatic carbocycles. The summed E-state index contributed by atoms with van der Waals surface area (Å²) in [5, 5.41) is 2.03. The van der Waals surface area contributed by atoms with Gasteiger partial charge < -0.3 is 4.42 Å². The summed E-state index contributed by atoms with van der Waals surface area (Å²) in [7, 11) is 0. The van der Waals surface area contributed by atoms with Gasteiger partial charge in [0.2, 0.25) is 5.71 Å². The SMILES string of the molecule is CCC(C)(C)c1nc(-c2cccc(-c3ccccc3)c2)c2c(n1)oc1ccccc12. The third kappa shape index (κ3) is 3.07. The van der Waals surface area contributed by atoms with Gasteiger partial charge in [0, 0.05) is 16.4 Å². The van der Waals surface area contributed by atoms with Crippen LogP contribution in [0.1, 0.15) is 33.0 Å². The van der Waals surface area contributed by atoms with Crippen molar-refractivity contribution in [1.82, 2.24) is 9.97 Å². The van der Waals surface area contributed by atoms with Gasteiger partial charge in [-0.05, 0) is 29.7 Å². The Morgan fingerprint density at radius 1 is 0.767 bits per heavy atom. The van der Waals surface area contributed by atoms with Crippen molar-refractivity contribution in [3.8, 4) is 22.4 Å². The Morgan fingerprint density at radius 3 is 2.27 bits per heavy atom. The summed E-state index contributed by atoms with van der Waals surface area (Å²) in [5.41, 5.74) is 5.72. The summed E-state index contributed by atoms with van der Waals surface area (Å²) in [6.07, 6.45) is 0.947. The first kappa shape index (κ1) is 18.6. The van der Waals surface area contributed by atoms with E-state index in [4.69, 9.17) is 14.4 Å². The molecule has 0 saturated carbocycles. The van der Waals surface area contributed by atoms with Gasteiger partial charge in [0.25, 0.3) is 0 Å². The van der Waals surface area contributed by atoms with E-state index < -0.39 is 0 Å². The van der Waals surface area contributed by atoms with Crippen LogP contribution in [0.25, 0.3) is 44.5 Å². The topological polar surface area (TPSA) is 38.9 Å². The molecule has 0 fully saturated rings. The Balaban J connectivity index is 1.81. The second-order valence-corrected chi connectivity index (χ2v) is 8.36. The highest BCUT2D eigenvalue weighted by molar-refractivity contribution is 6.10. The third-order valence-electron chi connectivity index (χ3n) is 5.97. The summed E-state index contributed by atoms with van der Waals surface area (Å²) < 4.78 is 6.16. The van der Waals surface area contributed by atoms with Crippen LogP contribution >= 0.6 is 0 Å². The lowest BCUT2D eigenvalue weighted by Crippen LogP contribution is -2.19. The van der Waals surface area contributed by atoms with Gasteiger partial charge in [-0.2, -0.15) is 4.98 Å². The Labute approximate surface area is 176 Å². The fourth-order valence-electron chi connectivity index (χ4n) is 3.77. The summed E-state index contributed by atoms with van der Waals surface area (Å²) in [4.78, 5) is 9.94. The highest BCUT2D eigenvalue weighted by Gasteiger charge is 2.26. The highest BCUT2D eigenvalue weighted by Crippen LogP contribution is 2.37. The molecule has 148 valence electrons. The van der Waals surface area contributed by atoms with E-state index in [2.05, 4.69) is 75.4 Å². The monoisotopic (exact) mass is 392 g/mol. The number of nitrogens with zero attached hydrogens (tertiary/aromatic N) is 2. The van der Waals surface area contributed by atoms with Crippen LogP contribution in [0, 0.1) is 0 Å². The van der Waals surface area contributed by atoms with Crippen molar-refractivity contribution in [1.29, 1.82) is 0 Å². The van der Waals surface area contributed by atoms with Gasteiger partial charge in [0.1, 0.15) is 11.4 Å². The molecule has 3 nitrogen and oxygen atoms in total.